The molecule has 21 heavy (non-hydrogen) atoms. The average Bonchev–Trinajstić information content (AvgIpc) is 2.99. The first kappa shape index (κ1) is 14.9. The minimum atomic E-state index is -3.70. The zero-order chi connectivity index (χ0) is 15.3. The second-order valence-electron chi connectivity index (χ2n) is 4.03. The third kappa shape index (κ3) is 3.96. The van der Waals surface area contributed by atoms with Crippen LogP contribution in [0.1, 0.15) is 0 Å². The predicted octanol–water partition coefficient (Wildman–Crippen LogP) is 0.335. The number of anilines is 1. The number of ether oxygens (including phenoxy) is 1. The monoisotopic (exact) mass is 310 g/mol. The molecule has 0 aliphatic carbocycles. The summed E-state index contributed by atoms with van der Waals surface area (Å²) >= 11 is 0. The molecule has 0 fully saturated rings. The van der Waals surface area contributed by atoms with Gasteiger partial charge in [0, 0.05) is 19.3 Å². The summed E-state index contributed by atoms with van der Waals surface area (Å²) in [5.74, 6) is 0.102. The van der Waals surface area contributed by atoms with Crippen LogP contribution in [0.2, 0.25) is 0 Å². The highest BCUT2D eigenvalue weighted by atomic mass is 32.2. The van der Waals surface area contributed by atoms with Gasteiger partial charge in [-0.15, -0.1) is 0 Å². The fourth-order valence-electron chi connectivity index (χ4n) is 1.47. The summed E-state index contributed by atoms with van der Waals surface area (Å²) in [7, 11) is -2.20. The Hall–Kier alpha value is -2.55. The number of aromatic amines is 1. The van der Waals surface area contributed by atoms with Gasteiger partial charge in [-0.2, -0.15) is 5.10 Å². The Bertz CT molecular complexity index is 713. The van der Waals surface area contributed by atoms with Crippen molar-refractivity contribution in [1.82, 2.24) is 15.5 Å². The van der Waals surface area contributed by atoms with Crippen LogP contribution in [-0.4, -0.2) is 38.2 Å². The maximum absolute atomic E-state index is 12.0. The minimum absolute atomic E-state index is 0.0270. The number of carbonyl (C=O) groups is 1. The molecule has 1 amide bonds. The number of rotatable bonds is 6. The number of amides is 1. The maximum Gasteiger partial charge on any atom is 0.265 e. The van der Waals surface area contributed by atoms with Gasteiger partial charge in [-0.1, -0.05) is 6.07 Å². The van der Waals surface area contributed by atoms with E-state index in [1.165, 1.54) is 25.5 Å². The molecule has 112 valence electrons. The van der Waals surface area contributed by atoms with E-state index in [4.69, 9.17) is 4.74 Å². The van der Waals surface area contributed by atoms with E-state index in [2.05, 4.69) is 20.2 Å². The Balaban J connectivity index is 2.09. The molecule has 1 aromatic heterocycles. The molecule has 0 radical (unpaired) electrons. The fourth-order valence-corrected chi connectivity index (χ4v) is 2.42. The largest absolute Gasteiger partial charge is 0.484 e. The van der Waals surface area contributed by atoms with Gasteiger partial charge in [0.2, 0.25) is 0 Å². The Morgan fingerprint density at radius 1 is 1.43 bits per heavy atom. The molecule has 8 nitrogen and oxygen atoms in total. The summed E-state index contributed by atoms with van der Waals surface area (Å²) in [6, 6.07) is 6.30. The molecule has 0 aliphatic rings. The van der Waals surface area contributed by atoms with Gasteiger partial charge in [-0.05, 0) is 12.1 Å². The Labute approximate surface area is 121 Å². The van der Waals surface area contributed by atoms with Crippen LogP contribution in [0.5, 0.6) is 5.75 Å². The van der Waals surface area contributed by atoms with E-state index in [0.29, 0.717) is 11.4 Å². The van der Waals surface area contributed by atoms with Crippen LogP contribution in [0.3, 0.4) is 0 Å². The predicted molar refractivity (Wildman–Crippen MR) is 75.4 cm³/mol. The van der Waals surface area contributed by atoms with Gasteiger partial charge in [0.15, 0.2) is 6.61 Å². The number of sulfonamides is 1. The van der Waals surface area contributed by atoms with Gasteiger partial charge < -0.3 is 10.1 Å². The van der Waals surface area contributed by atoms with Gasteiger partial charge in [0.1, 0.15) is 10.6 Å². The Kier molecular flexibility index (Phi) is 4.43. The van der Waals surface area contributed by atoms with Crippen molar-refractivity contribution in [2.45, 2.75) is 4.90 Å². The second-order valence-corrected chi connectivity index (χ2v) is 5.71. The smallest absolute Gasteiger partial charge is 0.265 e. The highest BCUT2D eigenvalue weighted by molar-refractivity contribution is 7.92. The van der Waals surface area contributed by atoms with Crippen molar-refractivity contribution in [2.75, 3.05) is 18.4 Å². The number of nitrogens with one attached hydrogen (secondary N) is 3. The first-order chi connectivity index (χ1) is 10.0. The topological polar surface area (TPSA) is 113 Å². The molecule has 2 aromatic rings. The fraction of sp³-hybridized carbons (Fsp3) is 0.167. The Morgan fingerprint density at radius 2 is 2.24 bits per heavy atom. The number of benzene rings is 1. The van der Waals surface area contributed by atoms with Crippen LogP contribution in [-0.2, 0) is 14.8 Å². The number of hydrogen-bond acceptors (Lipinski definition) is 5. The van der Waals surface area contributed by atoms with E-state index in [1.54, 1.807) is 18.2 Å². The lowest BCUT2D eigenvalue weighted by molar-refractivity contribution is -0.122. The third-order valence-corrected chi connectivity index (χ3v) is 3.87. The van der Waals surface area contributed by atoms with Crippen molar-refractivity contribution >= 4 is 21.6 Å². The molecule has 0 bridgehead atoms. The lowest BCUT2D eigenvalue weighted by Crippen LogP contribution is -2.24. The Morgan fingerprint density at radius 3 is 2.90 bits per heavy atom. The molecular formula is C12H14N4O4S. The molecule has 0 unspecified atom stereocenters. The molecular weight excluding hydrogens is 296 g/mol. The third-order valence-electron chi connectivity index (χ3n) is 2.52. The zero-order valence-electron chi connectivity index (χ0n) is 11.2. The van der Waals surface area contributed by atoms with Gasteiger partial charge in [0.25, 0.3) is 15.9 Å². The molecule has 0 saturated heterocycles. The highest BCUT2D eigenvalue weighted by Crippen LogP contribution is 2.20. The van der Waals surface area contributed by atoms with Gasteiger partial charge in [0.05, 0.1) is 11.9 Å². The van der Waals surface area contributed by atoms with Crippen molar-refractivity contribution in [3.05, 3.63) is 36.7 Å². The zero-order valence-corrected chi connectivity index (χ0v) is 12.0. The average molecular weight is 310 g/mol. The van der Waals surface area contributed by atoms with Gasteiger partial charge >= 0.3 is 0 Å². The van der Waals surface area contributed by atoms with Crippen molar-refractivity contribution in [1.29, 1.82) is 0 Å². The van der Waals surface area contributed by atoms with Crippen LogP contribution >= 0.6 is 0 Å². The molecule has 0 aliphatic heterocycles. The van der Waals surface area contributed by atoms with Crippen molar-refractivity contribution < 1.29 is 17.9 Å². The summed E-state index contributed by atoms with van der Waals surface area (Å²) in [5.41, 5.74) is 0.325. The summed E-state index contributed by atoms with van der Waals surface area (Å²) in [6.45, 7) is -0.144. The number of hydrogen-bond donors (Lipinski definition) is 3. The van der Waals surface area contributed by atoms with Crippen LogP contribution in [0.25, 0.3) is 0 Å². The molecule has 9 heteroatoms. The van der Waals surface area contributed by atoms with E-state index in [0.717, 1.165) is 0 Å². The standard InChI is InChI=1S/C12H14N4O4S/c1-13-12(17)8-20-10-4-2-3-9(5-10)16-21(18,19)11-6-14-15-7-11/h2-7,16H,8H2,1H3,(H,13,17)(H,14,15). The number of H-pyrrole nitrogens is 1. The van der Waals surface area contributed by atoms with E-state index in [-0.39, 0.29) is 17.4 Å². The van der Waals surface area contributed by atoms with Crippen LogP contribution < -0.4 is 14.8 Å². The van der Waals surface area contributed by atoms with Crippen molar-refractivity contribution in [2.24, 2.45) is 0 Å². The molecule has 1 heterocycles. The summed E-state index contributed by atoms with van der Waals surface area (Å²) in [4.78, 5) is 11.1. The molecule has 0 spiro atoms. The molecule has 3 N–H and O–H groups in total. The highest BCUT2D eigenvalue weighted by Gasteiger charge is 2.15. The summed E-state index contributed by atoms with van der Waals surface area (Å²) in [6.07, 6.45) is 2.47. The SMILES string of the molecule is CNC(=O)COc1cccc(NS(=O)(=O)c2cn[nH]c2)c1. The summed E-state index contributed by atoms with van der Waals surface area (Å²) < 4.78 is 31.7. The number of carbonyl (C=O) groups excluding carboxylic acids is 1. The van der Waals surface area contributed by atoms with Crippen LogP contribution in [0, 0.1) is 0 Å². The van der Waals surface area contributed by atoms with Crippen molar-refractivity contribution in [3.8, 4) is 5.75 Å². The van der Waals surface area contributed by atoms with Crippen LogP contribution in [0.15, 0.2) is 41.6 Å². The molecule has 0 atom stereocenters. The molecule has 2 rings (SSSR count). The maximum atomic E-state index is 12.0. The van der Waals surface area contributed by atoms with Crippen LogP contribution in [0.4, 0.5) is 5.69 Å². The van der Waals surface area contributed by atoms with Crippen molar-refractivity contribution in [3.63, 3.8) is 0 Å². The summed E-state index contributed by atoms with van der Waals surface area (Å²) in [5, 5.41) is 8.45. The van der Waals surface area contributed by atoms with Gasteiger partial charge in [-0.3, -0.25) is 14.6 Å². The number of nitrogens with zero attached hydrogens (tertiary/aromatic N) is 1. The lowest BCUT2D eigenvalue weighted by atomic mass is 10.3. The molecule has 0 saturated carbocycles. The lowest BCUT2D eigenvalue weighted by Gasteiger charge is -2.09. The normalized spacial score (nSPS) is 10.9. The van der Waals surface area contributed by atoms with E-state index >= 15 is 0 Å². The first-order valence-corrected chi connectivity index (χ1v) is 7.44. The molecule has 1 aromatic carbocycles. The first-order valence-electron chi connectivity index (χ1n) is 5.96. The van der Waals surface area contributed by atoms with E-state index < -0.39 is 10.0 Å². The quantitative estimate of drug-likeness (QED) is 0.712. The second kappa shape index (κ2) is 6.27. The number of likely N-dealkylation sites (N-methyl/N-ethyl adjacent to an activating group) is 1. The van der Waals surface area contributed by atoms with E-state index in [9.17, 15) is 13.2 Å². The van der Waals surface area contributed by atoms with Gasteiger partial charge in [-0.25, -0.2) is 8.42 Å². The number of aromatic nitrogens is 2. The van der Waals surface area contributed by atoms with E-state index in [1.807, 2.05) is 0 Å². The minimum Gasteiger partial charge on any atom is -0.484 e.